The van der Waals surface area contributed by atoms with Crippen LogP contribution in [0.25, 0.3) is 0 Å². The Labute approximate surface area is 123 Å². The summed E-state index contributed by atoms with van der Waals surface area (Å²) in [4.78, 5) is 11.3. The van der Waals surface area contributed by atoms with Gasteiger partial charge in [0, 0.05) is 18.7 Å². The van der Waals surface area contributed by atoms with Crippen LogP contribution in [0.3, 0.4) is 0 Å². The molecule has 0 heterocycles. The summed E-state index contributed by atoms with van der Waals surface area (Å²) < 4.78 is 35.6. The van der Waals surface area contributed by atoms with Crippen molar-refractivity contribution < 1.29 is 22.7 Å². The normalized spacial score (nSPS) is 11.3. The molecule has 8 heteroatoms. The molecular weight excluding hydrogens is 306 g/mol. The van der Waals surface area contributed by atoms with Gasteiger partial charge < -0.3 is 9.47 Å². The maximum absolute atomic E-state index is 11.9. The highest BCUT2D eigenvalue weighted by molar-refractivity contribution is 7.89. The van der Waals surface area contributed by atoms with Gasteiger partial charge in [0.1, 0.15) is 6.61 Å². The highest BCUT2D eigenvalue weighted by atomic mass is 35.5. The van der Waals surface area contributed by atoms with Crippen LogP contribution >= 0.6 is 11.6 Å². The van der Waals surface area contributed by atoms with Crippen LogP contribution in [0, 0.1) is 0 Å². The molecule has 0 fully saturated rings. The van der Waals surface area contributed by atoms with E-state index in [2.05, 4.69) is 4.72 Å². The Bertz CT molecular complexity index is 547. The second-order valence-electron chi connectivity index (χ2n) is 3.82. The average molecular weight is 322 g/mol. The van der Waals surface area contributed by atoms with E-state index < -0.39 is 16.0 Å². The fraction of sp³-hybridized carbons (Fsp3) is 0.417. The minimum Gasteiger partial charge on any atom is -0.463 e. The number of hydrogen-bond donors (Lipinski definition) is 1. The Morgan fingerprint density at radius 3 is 2.75 bits per heavy atom. The first kappa shape index (κ1) is 16.9. The number of hydrogen-bond acceptors (Lipinski definition) is 5. The highest BCUT2D eigenvalue weighted by Crippen LogP contribution is 2.14. The first-order chi connectivity index (χ1) is 9.45. The fourth-order valence-corrected chi connectivity index (χ4v) is 2.65. The van der Waals surface area contributed by atoms with Crippen LogP contribution in [0.4, 0.5) is 0 Å². The molecule has 0 atom stereocenters. The maximum atomic E-state index is 11.9. The van der Waals surface area contributed by atoms with Crippen molar-refractivity contribution >= 4 is 27.6 Å². The zero-order valence-electron chi connectivity index (χ0n) is 11.0. The van der Waals surface area contributed by atoms with Crippen molar-refractivity contribution in [1.82, 2.24) is 4.72 Å². The molecule has 0 aliphatic rings. The Kier molecular flexibility index (Phi) is 6.94. The van der Waals surface area contributed by atoms with Crippen LogP contribution < -0.4 is 4.72 Å². The summed E-state index contributed by atoms with van der Waals surface area (Å²) in [5, 5.41) is 0.326. The molecule has 1 N–H and O–H groups in total. The van der Waals surface area contributed by atoms with Crippen LogP contribution in [-0.2, 0) is 24.3 Å². The second kappa shape index (κ2) is 8.21. The Morgan fingerprint density at radius 1 is 1.35 bits per heavy atom. The summed E-state index contributed by atoms with van der Waals surface area (Å²) in [6.07, 6.45) is -0.0521. The number of carbonyl (C=O) groups is 1. The van der Waals surface area contributed by atoms with Gasteiger partial charge in [0.15, 0.2) is 0 Å². The zero-order valence-corrected chi connectivity index (χ0v) is 12.5. The van der Waals surface area contributed by atoms with Crippen molar-refractivity contribution in [2.45, 2.75) is 11.3 Å². The number of esters is 1. The lowest BCUT2D eigenvalue weighted by Crippen LogP contribution is -2.27. The number of ether oxygens (including phenoxy) is 2. The number of sulfonamides is 1. The van der Waals surface area contributed by atoms with Crippen LogP contribution in [0.5, 0.6) is 0 Å². The van der Waals surface area contributed by atoms with Gasteiger partial charge >= 0.3 is 5.97 Å². The smallest absolute Gasteiger partial charge is 0.307 e. The van der Waals surface area contributed by atoms with Crippen LogP contribution in [0.2, 0.25) is 5.02 Å². The SMILES string of the molecule is COCCOC(=O)CCNS(=O)(=O)c1cccc(Cl)c1. The fourth-order valence-electron chi connectivity index (χ4n) is 1.32. The van der Waals surface area contributed by atoms with Crippen molar-refractivity contribution in [3.05, 3.63) is 29.3 Å². The van der Waals surface area contributed by atoms with Crippen molar-refractivity contribution in [1.29, 1.82) is 0 Å². The zero-order chi connectivity index (χ0) is 15.0. The summed E-state index contributed by atoms with van der Waals surface area (Å²) in [5.41, 5.74) is 0. The molecule has 6 nitrogen and oxygen atoms in total. The van der Waals surface area contributed by atoms with E-state index >= 15 is 0 Å². The van der Waals surface area contributed by atoms with Gasteiger partial charge in [0.05, 0.1) is 17.9 Å². The summed E-state index contributed by atoms with van der Waals surface area (Å²) in [6.45, 7) is 0.414. The minimum atomic E-state index is -3.67. The van der Waals surface area contributed by atoms with E-state index in [1.807, 2.05) is 0 Å². The van der Waals surface area contributed by atoms with Crippen molar-refractivity contribution in [2.24, 2.45) is 0 Å². The summed E-state index contributed by atoms with van der Waals surface area (Å²) in [6, 6.07) is 5.87. The third-order valence-electron chi connectivity index (χ3n) is 2.28. The van der Waals surface area contributed by atoms with Crippen LogP contribution in [0.15, 0.2) is 29.2 Å². The number of halogens is 1. The lowest BCUT2D eigenvalue weighted by atomic mass is 10.4. The molecule has 0 bridgehead atoms. The van der Waals surface area contributed by atoms with Gasteiger partial charge in [-0.1, -0.05) is 17.7 Å². The largest absolute Gasteiger partial charge is 0.463 e. The molecule has 0 saturated heterocycles. The van der Waals surface area contributed by atoms with Gasteiger partial charge in [-0.3, -0.25) is 4.79 Å². The standard InChI is InChI=1S/C12H16ClNO5S/c1-18-7-8-19-12(15)5-6-14-20(16,17)11-4-2-3-10(13)9-11/h2-4,9,14H,5-8H2,1H3. The Morgan fingerprint density at radius 2 is 2.10 bits per heavy atom. The van der Waals surface area contributed by atoms with E-state index in [9.17, 15) is 13.2 Å². The third-order valence-corrected chi connectivity index (χ3v) is 3.97. The molecule has 0 aromatic heterocycles. The third kappa shape index (κ3) is 5.87. The minimum absolute atomic E-state index is 0.0410. The van der Waals surface area contributed by atoms with E-state index in [1.54, 1.807) is 6.07 Å². The van der Waals surface area contributed by atoms with Gasteiger partial charge in [0.2, 0.25) is 10.0 Å². The molecule has 1 rings (SSSR count). The number of carbonyl (C=O) groups excluding carboxylic acids is 1. The first-order valence-corrected chi connectivity index (χ1v) is 7.71. The molecule has 112 valence electrons. The lowest BCUT2D eigenvalue weighted by molar-refractivity contribution is -0.144. The molecule has 0 spiro atoms. The van der Waals surface area contributed by atoms with Crippen LogP contribution in [-0.4, -0.2) is 41.3 Å². The number of benzene rings is 1. The number of rotatable bonds is 8. The van der Waals surface area contributed by atoms with E-state index in [1.165, 1.54) is 25.3 Å². The average Bonchev–Trinajstić information content (AvgIpc) is 2.39. The van der Waals surface area contributed by atoms with Crippen molar-refractivity contribution in [3.8, 4) is 0 Å². The summed E-state index contributed by atoms with van der Waals surface area (Å²) >= 11 is 5.73. The molecule has 0 aliphatic carbocycles. The quantitative estimate of drug-likeness (QED) is 0.574. The van der Waals surface area contributed by atoms with E-state index in [4.69, 9.17) is 21.1 Å². The second-order valence-corrected chi connectivity index (χ2v) is 6.02. The molecule has 0 unspecified atom stereocenters. The number of nitrogens with one attached hydrogen (secondary N) is 1. The van der Waals surface area contributed by atoms with E-state index in [-0.39, 0.29) is 24.5 Å². The van der Waals surface area contributed by atoms with Gasteiger partial charge in [0.25, 0.3) is 0 Å². The first-order valence-electron chi connectivity index (χ1n) is 5.85. The van der Waals surface area contributed by atoms with Crippen LogP contribution in [0.1, 0.15) is 6.42 Å². The molecule has 1 aromatic rings. The predicted octanol–water partition coefficient (Wildman–Crippen LogP) is 1.20. The monoisotopic (exact) mass is 321 g/mol. The molecule has 0 amide bonds. The van der Waals surface area contributed by atoms with E-state index in [0.29, 0.717) is 11.6 Å². The maximum Gasteiger partial charge on any atom is 0.307 e. The Hall–Kier alpha value is -1.15. The van der Waals surface area contributed by atoms with Crippen molar-refractivity contribution in [3.63, 3.8) is 0 Å². The lowest BCUT2D eigenvalue weighted by Gasteiger charge is -2.07. The molecule has 0 aliphatic heterocycles. The van der Waals surface area contributed by atoms with Gasteiger partial charge in [-0.2, -0.15) is 0 Å². The predicted molar refractivity (Wildman–Crippen MR) is 74.1 cm³/mol. The van der Waals surface area contributed by atoms with Gasteiger partial charge in [-0.15, -0.1) is 0 Å². The van der Waals surface area contributed by atoms with Crippen molar-refractivity contribution in [2.75, 3.05) is 26.9 Å². The summed E-state index contributed by atoms with van der Waals surface area (Å²) in [7, 11) is -2.18. The van der Waals surface area contributed by atoms with Gasteiger partial charge in [-0.05, 0) is 18.2 Å². The topological polar surface area (TPSA) is 81.7 Å². The summed E-state index contributed by atoms with van der Waals surface area (Å²) in [5.74, 6) is -0.490. The molecule has 0 radical (unpaired) electrons. The van der Waals surface area contributed by atoms with Gasteiger partial charge in [-0.25, -0.2) is 13.1 Å². The molecule has 1 aromatic carbocycles. The highest BCUT2D eigenvalue weighted by Gasteiger charge is 2.14. The number of methoxy groups -OCH3 is 1. The molecule has 0 saturated carbocycles. The Balaban J connectivity index is 2.43. The molecular formula is C12H16ClNO5S. The molecule has 20 heavy (non-hydrogen) atoms. The van der Waals surface area contributed by atoms with E-state index in [0.717, 1.165) is 0 Å².